The highest BCUT2D eigenvalue weighted by Crippen LogP contribution is 2.18. The van der Waals surface area contributed by atoms with Crippen molar-refractivity contribution in [3.63, 3.8) is 0 Å². The quantitative estimate of drug-likeness (QED) is 0.283. The number of rotatable bonds is 7. The largest absolute Gasteiger partial charge is 0.466 e. The van der Waals surface area contributed by atoms with E-state index in [4.69, 9.17) is 9.73 Å². The van der Waals surface area contributed by atoms with Crippen LogP contribution in [0.15, 0.2) is 4.99 Å². The SMILES string of the molecule is CCNC(=NCCN(C)CC)N1CCCC(C(=O)OCC)C1.I. The summed E-state index contributed by atoms with van der Waals surface area (Å²) in [5.74, 6) is 0.811. The Morgan fingerprint density at radius 3 is 2.74 bits per heavy atom. The molecule has 6 nitrogen and oxygen atoms in total. The monoisotopic (exact) mass is 440 g/mol. The summed E-state index contributed by atoms with van der Waals surface area (Å²) in [7, 11) is 2.10. The number of likely N-dealkylation sites (tertiary alicyclic amines) is 1. The lowest BCUT2D eigenvalue weighted by Gasteiger charge is -2.34. The van der Waals surface area contributed by atoms with Gasteiger partial charge < -0.3 is 19.9 Å². The van der Waals surface area contributed by atoms with Crippen LogP contribution in [0.4, 0.5) is 0 Å². The van der Waals surface area contributed by atoms with Gasteiger partial charge in [-0.15, -0.1) is 24.0 Å². The zero-order chi connectivity index (χ0) is 16.4. The number of ether oxygens (including phenoxy) is 1. The van der Waals surface area contributed by atoms with Crippen molar-refractivity contribution in [3.05, 3.63) is 0 Å². The third kappa shape index (κ3) is 8.19. The number of halogens is 1. The molecule has 1 aliphatic rings. The van der Waals surface area contributed by atoms with E-state index in [0.29, 0.717) is 13.2 Å². The molecular weight excluding hydrogens is 407 g/mol. The Morgan fingerprint density at radius 2 is 2.13 bits per heavy atom. The number of nitrogens with one attached hydrogen (secondary N) is 1. The number of carbonyl (C=O) groups excluding carboxylic acids is 1. The van der Waals surface area contributed by atoms with Crippen LogP contribution in [0.3, 0.4) is 0 Å². The predicted molar refractivity (Wildman–Crippen MR) is 105 cm³/mol. The summed E-state index contributed by atoms with van der Waals surface area (Å²) < 4.78 is 5.16. The Balaban J connectivity index is 0.00000484. The van der Waals surface area contributed by atoms with Gasteiger partial charge in [0.05, 0.1) is 19.1 Å². The predicted octanol–water partition coefficient (Wildman–Crippen LogP) is 1.80. The van der Waals surface area contributed by atoms with E-state index in [2.05, 4.69) is 36.0 Å². The first-order chi connectivity index (χ1) is 10.6. The fourth-order valence-electron chi connectivity index (χ4n) is 2.53. The first-order valence-corrected chi connectivity index (χ1v) is 8.50. The van der Waals surface area contributed by atoms with Crippen LogP contribution in [0.25, 0.3) is 0 Å². The molecule has 0 radical (unpaired) electrons. The summed E-state index contributed by atoms with van der Waals surface area (Å²) in [5, 5.41) is 3.34. The van der Waals surface area contributed by atoms with E-state index in [1.165, 1.54) is 0 Å². The number of esters is 1. The number of likely N-dealkylation sites (N-methyl/N-ethyl adjacent to an activating group) is 1. The molecule has 1 unspecified atom stereocenters. The van der Waals surface area contributed by atoms with Crippen LogP contribution < -0.4 is 5.32 Å². The highest BCUT2D eigenvalue weighted by molar-refractivity contribution is 14.0. The highest BCUT2D eigenvalue weighted by atomic mass is 127. The minimum Gasteiger partial charge on any atom is -0.466 e. The molecule has 0 bridgehead atoms. The normalized spacial score (nSPS) is 18.6. The molecule has 0 amide bonds. The van der Waals surface area contributed by atoms with Gasteiger partial charge in [0, 0.05) is 26.2 Å². The lowest BCUT2D eigenvalue weighted by Crippen LogP contribution is -2.48. The van der Waals surface area contributed by atoms with Gasteiger partial charge in [-0.2, -0.15) is 0 Å². The third-order valence-electron chi connectivity index (χ3n) is 3.96. The van der Waals surface area contributed by atoms with Crippen molar-refractivity contribution in [2.75, 3.05) is 52.9 Å². The van der Waals surface area contributed by atoms with Crippen LogP contribution in [0.2, 0.25) is 0 Å². The number of guanidine groups is 1. The van der Waals surface area contributed by atoms with Crippen molar-refractivity contribution < 1.29 is 9.53 Å². The zero-order valence-electron chi connectivity index (χ0n) is 15.0. The van der Waals surface area contributed by atoms with Crippen LogP contribution in [-0.2, 0) is 9.53 Å². The molecule has 0 aliphatic carbocycles. The van der Waals surface area contributed by atoms with Crippen molar-refractivity contribution in [2.45, 2.75) is 33.6 Å². The van der Waals surface area contributed by atoms with Crippen LogP contribution in [0, 0.1) is 5.92 Å². The molecule has 0 saturated carbocycles. The number of piperidine rings is 1. The van der Waals surface area contributed by atoms with Gasteiger partial charge in [0.15, 0.2) is 5.96 Å². The summed E-state index contributed by atoms with van der Waals surface area (Å²) in [6.07, 6.45) is 1.91. The van der Waals surface area contributed by atoms with Gasteiger partial charge >= 0.3 is 5.97 Å². The van der Waals surface area contributed by atoms with Gasteiger partial charge in [-0.3, -0.25) is 9.79 Å². The molecule has 0 aromatic heterocycles. The van der Waals surface area contributed by atoms with E-state index in [9.17, 15) is 4.79 Å². The van der Waals surface area contributed by atoms with Crippen LogP contribution in [0.5, 0.6) is 0 Å². The molecule has 1 rings (SSSR count). The molecule has 136 valence electrons. The summed E-state index contributed by atoms with van der Waals surface area (Å²) in [6, 6.07) is 0. The number of carbonyl (C=O) groups is 1. The summed E-state index contributed by atoms with van der Waals surface area (Å²) >= 11 is 0. The second-order valence-corrected chi connectivity index (χ2v) is 5.67. The third-order valence-corrected chi connectivity index (χ3v) is 3.96. The van der Waals surface area contributed by atoms with Gasteiger partial charge in [-0.25, -0.2) is 0 Å². The smallest absolute Gasteiger partial charge is 0.310 e. The summed E-state index contributed by atoms with van der Waals surface area (Å²) in [4.78, 5) is 21.1. The van der Waals surface area contributed by atoms with Gasteiger partial charge in [-0.1, -0.05) is 6.92 Å². The lowest BCUT2D eigenvalue weighted by atomic mass is 9.98. The molecule has 23 heavy (non-hydrogen) atoms. The Bertz CT molecular complexity index is 366. The fourth-order valence-corrected chi connectivity index (χ4v) is 2.53. The first-order valence-electron chi connectivity index (χ1n) is 8.50. The maximum absolute atomic E-state index is 12.0. The standard InChI is InChI=1S/C16H32N4O2.HI/c1-5-17-16(18-10-12-19(4)6-2)20-11-8-9-14(13-20)15(21)22-7-3;/h14H,5-13H2,1-4H3,(H,17,18);1H. The van der Waals surface area contributed by atoms with Crippen molar-refractivity contribution >= 4 is 35.9 Å². The van der Waals surface area contributed by atoms with Gasteiger partial charge in [0.2, 0.25) is 0 Å². The maximum Gasteiger partial charge on any atom is 0.310 e. The van der Waals surface area contributed by atoms with Crippen molar-refractivity contribution in [1.29, 1.82) is 0 Å². The van der Waals surface area contributed by atoms with Gasteiger partial charge in [0.25, 0.3) is 0 Å². The van der Waals surface area contributed by atoms with Crippen LogP contribution in [-0.4, -0.2) is 74.7 Å². The summed E-state index contributed by atoms with van der Waals surface area (Å²) in [6.45, 7) is 11.8. The molecule has 7 heteroatoms. The molecule has 1 atom stereocenters. The highest BCUT2D eigenvalue weighted by Gasteiger charge is 2.28. The van der Waals surface area contributed by atoms with Crippen molar-refractivity contribution in [3.8, 4) is 0 Å². The topological polar surface area (TPSA) is 57.2 Å². The van der Waals surface area contributed by atoms with Crippen molar-refractivity contribution in [1.82, 2.24) is 15.1 Å². The van der Waals surface area contributed by atoms with Crippen LogP contribution in [0.1, 0.15) is 33.6 Å². The van der Waals surface area contributed by atoms with E-state index in [0.717, 1.165) is 51.5 Å². The molecule has 1 fully saturated rings. The van der Waals surface area contributed by atoms with Crippen molar-refractivity contribution in [2.24, 2.45) is 10.9 Å². The van der Waals surface area contributed by atoms with Gasteiger partial charge in [0.1, 0.15) is 0 Å². The van der Waals surface area contributed by atoms with E-state index >= 15 is 0 Å². The molecule has 0 aromatic carbocycles. The molecule has 0 spiro atoms. The average molecular weight is 440 g/mol. The second kappa shape index (κ2) is 12.8. The van der Waals surface area contributed by atoms with E-state index in [1.54, 1.807) is 0 Å². The van der Waals surface area contributed by atoms with Crippen LogP contribution >= 0.6 is 24.0 Å². The fraction of sp³-hybridized carbons (Fsp3) is 0.875. The molecule has 1 heterocycles. The second-order valence-electron chi connectivity index (χ2n) is 5.67. The Kier molecular flexibility index (Phi) is 12.5. The number of hydrogen-bond donors (Lipinski definition) is 1. The number of aliphatic imine (C=N–C) groups is 1. The number of nitrogens with zero attached hydrogens (tertiary/aromatic N) is 3. The molecule has 1 N–H and O–H groups in total. The number of hydrogen-bond acceptors (Lipinski definition) is 4. The van der Waals surface area contributed by atoms with E-state index in [-0.39, 0.29) is 35.9 Å². The average Bonchev–Trinajstić information content (AvgIpc) is 2.54. The minimum atomic E-state index is -0.0752. The minimum absolute atomic E-state index is 0. The molecule has 1 aliphatic heterocycles. The zero-order valence-corrected chi connectivity index (χ0v) is 17.3. The first kappa shape index (κ1) is 22.4. The Hall–Kier alpha value is -0.570. The molecular formula is C16H33IN4O2. The van der Waals surface area contributed by atoms with E-state index < -0.39 is 0 Å². The maximum atomic E-state index is 12.0. The summed E-state index contributed by atoms with van der Waals surface area (Å²) in [5.41, 5.74) is 0. The molecule has 1 saturated heterocycles. The lowest BCUT2D eigenvalue weighted by molar-refractivity contribution is -0.149. The van der Waals surface area contributed by atoms with E-state index in [1.807, 2.05) is 6.92 Å². The van der Waals surface area contributed by atoms with Gasteiger partial charge in [-0.05, 0) is 40.3 Å². The Morgan fingerprint density at radius 1 is 1.39 bits per heavy atom. The Labute approximate surface area is 158 Å². The molecule has 0 aromatic rings.